The molecule has 0 spiro atoms. The lowest BCUT2D eigenvalue weighted by Crippen LogP contribution is -2.37. The van der Waals surface area contributed by atoms with E-state index in [1.54, 1.807) is 0 Å². The van der Waals surface area contributed by atoms with Gasteiger partial charge in [-0.3, -0.25) is 14.2 Å². The topological polar surface area (TPSA) is 111 Å². The van der Waals surface area contributed by atoms with Gasteiger partial charge < -0.3 is 27.9 Å². The Morgan fingerprint density at radius 1 is 0.344 bits per heavy atom. The van der Waals surface area contributed by atoms with Crippen LogP contribution in [0.5, 0.6) is 0 Å². The highest BCUT2D eigenvalue weighted by Gasteiger charge is 2.22. The number of phosphoric ester groups is 1. The number of phosphoric acid groups is 1. The molecule has 0 heterocycles. The molecule has 0 saturated heterocycles. The lowest BCUT2D eigenvalue weighted by Gasteiger charge is -2.28. The van der Waals surface area contributed by atoms with Crippen LogP contribution in [0.2, 0.25) is 0 Å². The number of nitrogens with zero attached hydrogens (tertiary/aromatic N) is 1. The van der Waals surface area contributed by atoms with Crippen molar-refractivity contribution in [2.24, 2.45) is 0 Å². The van der Waals surface area contributed by atoms with Gasteiger partial charge in [-0.15, -0.1) is 0 Å². The van der Waals surface area contributed by atoms with E-state index in [9.17, 15) is 19.0 Å². The molecule has 0 amide bonds. The molecule has 93 heavy (non-hydrogen) atoms. The fourth-order valence-electron chi connectivity index (χ4n) is 12.4. The summed E-state index contributed by atoms with van der Waals surface area (Å²) in [5.41, 5.74) is 0. The molecular formula is C83H158NO8P. The summed E-state index contributed by atoms with van der Waals surface area (Å²) in [5.74, 6) is -0.808. The van der Waals surface area contributed by atoms with Crippen LogP contribution in [-0.2, 0) is 32.7 Å². The smallest absolute Gasteiger partial charge is 0.306 e. The molecule has 0 radical (unpaired) electrons. The van der Waals surface area contributed by atoms with Crippen LogP contribution >= 0.6 is 7.82 Å². The number of allylic oxidation sites excluding steroid dienone is 8. The Hall–Kier alpha value is -2.03. The van der Waals surface area contributed by atoms with Crippen LogP contribution in [0.4, 0.5) is 0 Å². The second-order valence-electron chi connectivity index (χ2n) is 29.1. The van der Waals surface area contributed by atoms with Crippen molar-refractivity contribution in [3.8, 4) is 0 Å². The predicted octanol–water partition coefficient (Wildman–Crippen LogP) is 26.5. The third kappa shape index (κ3) is 78.8. The highest BCUT2D eigenvalue weighted by molar-refractivity contribution is 7.45. The van der Waals surface area contributed by atoms with E-state index in [-0.39, 0.29) is 32.0 Å². The van der Waals surface area contributed by atoms with Crippen LogP contribution in [0.25, 0.3) is 0 Å². The molecule has 9 nitrogen and oxygen atoms in total. The summed E-state index contributed by atoms with van der Waals surface area (Å²) in [4.78, 5) is 38.2. The SMILES string of the molecule is CC/C=C\C/C=C\C/C=C\C/C=C\CCCCCCCCCCCCCCCCCCCCCCC(=O)OC(COC(=O)CCCCCCCCCCCCCCCCCCCCCCCCCCCCCCCCCCCCCC)COP(=O)([O-])OCC[N+](C)(C)C. The van der Waals surface area contributed by atoms with Crippen LogP contribution in [0.1, 0.15) is 418 Å². The zero-order valence-corrected chi connectivity index (χ0v) is 63.6. The number of unbranched alkanes of at least 4 members (excludes halogenated alkanes) is 55. The largest absolute Gasteiger partial charge is 0.756 e. The zero-order chi connectivity index (χ0) is 67.6. The van der Waals surface area contributed by atoms with Crippen LogP contribution in [0.15, 0.2) is 48.6 Å². The van der Waals surface area contributed by atoms with Crippen molar-refractivity contribution in [3.05, 3.63) is 48.6 Å². The number of quaternary nitrogens is 1. The van der Waals surface area contributed by atoms with Crippen molar-refractivity contribution in [3.63, 3.8) is 0 Å². The lowest BCUT2D eigenvalue weighted by atomic mass is 10.0. The molecular weight excluding hydrogens is 1170 g/mol. The standard InChI is InChI=1S/C83H158NO8P/c1-6-8-10-12-14-16-18-20-22-24-26-28-30-32-34-36-38-40-41-42-44-45-47-49-51-53-55-57-59-61-63-65-67-69-71-73-75-82(85)89-79-81(80-91-93(87,88)90-78-77-84(3,4)5)92-83(86)76-74-72-70-68-66-64-62-60-58-56-54-52-50-48-46-43-39-37-35-33-31-29-27-25-23-21-19-17-15-13-11-9-7-2/h9,11,15,17,21,23,27,29,81H,6-8,10,12-14,16,18-20,22,24-26,28,30-80H2,1-5H3/b11-9-,17-15-,23-21-,29-27-. The molecule has 0 aliphatic carbocycles. The number of likely N-dealkylation sites (N-methyl/N-ethyl adjacent to an activating group) is 1. The maximum Gasteiger partial charge on any atom is 0.306 e. The maximum absolute atomic E-state index is 12.9. The highest BCUT2D eigenvalue weighted by atomic mass is 31.2. The summed E-state index contributed by atoms with van der Waals surface area (Å²) in [6.07, 6.45) is 98.2. The molecule has 548 valence electrons. The van der Waals surface area contributed by atoms with Crippen molar-refractivity contribution in [2.75, 3.05) is 47.5 Å². The van der Waals surface area contributed by atoms with E-state index >= 15 is 0 Å². The Balaban J connectivity index is 3.89. The minimum atomic E-state index is -4.64. The van der Waals surface area contributed by atoms with Crippen molar-refractivity contribution in [2.45, 2.75) is 424 Å². The molecule has 0 aliphatic heterocycles. The number of ether oxygens (including phenoxy) is 2. The molecule has 0 N–H and O–H groups in total. The number of hydrogen-bond acceptors (Lipinski definition) is 8. The zero-order valence-electron chi connectivity index (χ0n) is 62.7. The minimum absolute atomic E-state index is 0.0278. The molecule has 2 unspecified atom stereocenters. The fraction of sp³-hybridized carbons (Fsp3) is 0.880. The first-order valence-electron chi connectivity index (χ1n) is 40.8. The van der Waals surface area contributed by atoms with Crippen molar-refractivity contribution in [1.82, 2.24) is 0 Å². The molecule has 2 atom stereocenters. The van der Waals surface area contributed by atoms with E-state index in [1.807, 2.05) is 21.1 Å². The molecule has 0 aromatic carbocycles. The van der Waals surface area contributed by atoms with Crippen LogP contribution in [0, 0.1) is 0 Å². The Morgan fingerprint density at radius 2 is 0.613 bits per heavy atom. The normalized spacial score (nSPS) is 13.2. The average molecular weight is 1330 g/mol. The third-order valence-corrected chi connectivity index (χ3v) is 19.6. The fourth-order valence-corrected chi connectivity index (χ4v) is 13.1. The quantitative estimate of drug-likeness (QED) is 0.0195. The van der Waals surface area contributed by atoms with Gasteiger partial charge in [-0.1, -0.05) is 403 Å². The second kappa shape index (κ2) is 74.2. The number of carbonyl (C=O) groups is 2. The van der Waals surface area contributed by atoms with Crippen molar-refractivity contribution >= 4 is 19.8 Å². The number of esters is 2. The summed E-state index contributed by atoms with van der Waals surface area (Å²) >= 11 is 0. The molecule has 0 saturated carbocycles. The van der Waals surface area contributed by atoms with Gasteiger partial charge >= 0.3 is 11.9 Å². The first-order valence-corrected chi connectivity index (χ1v) is 42.3. The van der Waals surface area contributed by atoms with Crippen molar-refractivity contribution in [1.29, 1.82) is 0 Å². The Kier molecular flexibility index (Phi) is 72.6. The van der Waals surface area contributed by atoms with Gasteiger partial charge in [-0.25, -0.2) is 0 Å². The highest BCUT2D eigenvalue weighted by Crippen LogP contribution is 2.38. The van der Waals surface area contributed by atoms with Crippen molar-refractivity contribution < 1.29 is 42.1 Å². The van der Waals surface area contributed by atoms with Gasteiger partial charge in [0, 0.05) is 12.8 Å². The van der Waals surface area contributed by atoms with E-state index in [0.29, 0.717) is 17.4 Å². The van der Waals surface area contributed by atoms with E-state index in [2.05, 4.69) is 62.5 Å². The molecule has 0 rings (SSSR count). The predicted molar refractivity (Wildman–Crippen MR) is 402 cm³/mol. The number of hydrogen-bond donors (Lipinski definition) is 0. The van der Waals surface area contributed by atoms with Gasteiger partial charge in [0.05, 0.1) is 27.7 Å². The molecule has 0 aromatic heterocycles. The first kappa shape index (κ1) is 91.0. The molecule has 10 heteroatoms. The van der Waals surface area contributed by atoms with Gasteiger partial charge in [-0.2, -0.15) is 0 Å². The number of rotatable bonds is 77. The monoisotopic (exact) mass is 1330 g/mol. The first-order chi connectivity index (χ1) is 45.5. The lowest BCUT2D eigenvalue weighted by molar-refractivity contribution is -0.870. The minimum Gasteiger partial charge on any atom is -0.756 e. The van der Waals surface area contributed by atoms with E-state index < -0.39 is 26.5 Å². The van der Waals surface area contributed by atoms with Gasteiger partial charge in [0.15, 0.2) is 6.10 Å². The van der Waals surface area contributed by atoms with Crippen LogP contribution in [-0.4, -0.2) is 70.0 Å². The van der Waals surface area contributed by atoms with Gasteiger partial charge in [-0.05, 0) is 51.4 Å². The third-order valence-electron chi connectivity index (χ3n) is 18.6. The van der Waals surface area contributed by atoms with E-state index in [1.165, 1.54) is 327 Å². The average Bonchev–Trinajstić information content (AvgIpc) is 2.30. The molecule has 0 fully saturated rings. The van der Waals surface area contributed by atoms with Gasteiger partial charge in [0.1, 0.15) is 19.8 Å². The second-order valence-corrected chi connectivity index (χ2v) is 30.5. The summed E-state index contributed by atoms with van der Waals surface area (Å²) < 4.78 is 34.4. The van der Waals surface area contributed by atoms with Crippen LogP contribution < -0.4 is 4.89 Å². The Morgan fingerprint density at radius 3 is 0.914 bits per heavy atom. The molecule has 0 aromatic rings. The van der Waals surface area contributed by atoms with Gasteiger partial charge in [0.25, 0.3) is 7.82 Å². The summed E-state index contributed by atoms with van der Waals surface area (Å²) in [6.45, 7) is 4.21. The van der Waals surface area contributed by atoms with Gasteiger partial charge in [0.2, 0.25) is 0 Å². The Bertz CT molecular complexity index is 1710. The van der Waals surface area contributed by atoms with Crippen LogP contribution in [0.3, 0.4) is 0 Å². The summed E-state index contributed by atoms with van der Waals surface area (Å²) in [5, 5.41) is 0. The number of carbonyl (C=O) groups excluding carboxylic acids is 2. The maximum atomic E-state index is 12.9. The molecule has 0 bridgehead atoms. The Labute approximate surface area is 579 Å². The van der Waals surface area contributed by atoms with E-state index in [4.69, 9.17) is 18.5 Å². The van der Waals surface area contributed by atoms with E-state index in [0.717, 1.165) is 57.8 Å². The summed E-state index contributed by atoms with van der Waals surface area (Å²) in [6, 6.07) is 0. The summed E-state index contributed by atoms with van der Waals surface area (Å²) in [7, 11) is 1.19. The molecule has 0 aliphatic rings.